The van der Waals surface area contributed by atoms with E-state index in [0.29, 0.717) is 16.8 Å². The molecular weight excluding hydrogens is 460 g/mol. The number of para-hydroxylation sites is 1. The van der Waals surface area contributed by atoms with Gasteiger partial charge in [0.1, 0.15) is 17.0 Å². The van der Waals surface area contributed by atoms with E-state index in [1.54, 1.807) is 5.51 Å². The minimum absolute atomic E-state index is 0.112. The number of pyridine rings is 1. The van der Waals surface area contributed by atoms with Crippen molar-refractivity contribution in [1.82, 2.24) is 15.2 Å². The van der Waals surface area contributed by atoms with Crippen LogP contribution in [0.15, 0.2) is 66.2 Å². The molecule has 5 rings (SSSR count). The molecule has 2 aromatic heterocycles. The van der Waals surface area contributed by atoms with Crippen molar-refractivity contribution in [3.8, 4) is 28.6 Å². The van der Waals surface area contributed by atoms with Crippen LogP contribution in [0.1, 0.15) is 44.7 Å². The number of hydrogen-bond donors (Lipinski definition) is 1. The fourth-order valence-electron chi connectivity index (χ4n) is 4.37. The SMILES string of the molecule is CC(C)Oc1ccc(-c2ccc3c(n2)Oc2ccccc2C3C(C)(C)C(=O)Nc2nncs2)cc1. The van der Waals surface area contributed by atoms with Gasteiger partial charge in [-0.05, 0) is 50.2 Å². The average Bonchev–Trinajstić information content (AvgIpc) is 3.35. The summed E-state index contributed by atoms with van der Waals surface area (Å²) in [5.74, 6) is 1.61. The second-order valence-electron chi connectivity index (χ2n) is 9.27. The van der Waals surface area contributed by atoms with E-state index in [0.717, 1.165) is 28.1 Å². The molecule has 0 radical (unpaired) electrons. The first-order valence-corrected chi connectivity index (χ1v) is 12.3. The first-order chi connectivity index (χ1) is 16.8. The topological polar surface area (TPSA) is 86.2 Å². The molecule has 0 spiro atoms. The summed E-state index contributed by atoms with van der Waals surface area (Å²) in [5, 5.41) is 11.2. The summed E-state index contributed by atoms with van der Waals surface area (Å²) in [6.07, 6.45) is 0.112. The third-order valence-corrected chi connectivity index (χ3v) is 6.65. The van der Waals surface area contributed by atoms with Crippen LogP contribution in [0.4, 0.5) is 5.13 Å². The molecule has 3 heterocycles. The van der Waals surface area contributed by atoms with Crippen LogP contribution in [0.2, 0.25) is 0 Å². The van der Waals surface area contributed by atoms with E-state index in [4.69, 9.17) is 14.5 Å². The molecule has 1 aliphatic heterocycles. The van der Waals surface area contributed by atoms with E-state index in [-0.39, 0.29) is 17.9 Å². The molecule has 35 heavy (non-hydrogen) atoms. The van der Waals surface area contributed by atoms with Crippen molar-refractivity contribution < 1.29 is 14.3 Å². The highest BCUT2D eigenvalue weighted by Crippen LogP contribution is 2.52. The second kappa shape index (κ2) is 9.11. The van der Waals surface area contributed by atoms with Crippen LogP contribution in [0.3, 0.4) is 0 Å². The summed E-state index contributed by atoms with van der Waals surface area (Å²) in [5.41, 5.74) is 4.32. The predicted molar refractivity (Wildman–Crippen MR) is 136 cm³/mol. The summed E-state index contributed by atoms with van der Waals surface area (Å²) < 4.78 is 12.0. The van der Waals surface area contributed by atoms with Gasteiger partial charge in [-0.15, -0.1) is 10.2 Å². The van der Waals surface area contributed by atoms with E-state index in [9.17, 15) is 4.79 Å². The lowest BCUT2D eigenvalue weighted by Crippen LogP contribution is -2.38. The van der Waals surface area contributed by atoms with Crippen molar-refractivity contribution >= 4 is 22.4 Å². The molecular formula is C27H26N4O3S. The molecule has 0 fully saturated rings. The maximum atomic E-state index is 13.4. The highest BCUT2D eigenvalue weighted by atomic mass is 32.1. The molecule has 1 aliphatic rings. The minimum atomic E-state index is -0.820. The van der Waals surface area contributed by atoms with E-state index in [1.807, 2.05) is 88.4 Å². The number of amides is 1. The van der Waals surface area contributed by atoms with Crippen LogP contribution in [-0.2, 0) is 4.79 Å². The Labute approximate surface area is 208 Å². The Hall–Kier alpha value is -3.78. The molecule has 1 amide bonds. The molecule has 178 valence electrons. The number of aromatic nitrogens is 3. The van der Waals surface area contributed by atoms with Crippen LogP contribution < -0.4 is 14.8 Å². The number of carbonyl (C=O) groups excluding carboxylic acids is 1. The highest BCUT2D eigenvalue weighted by Gasteiger charge is 2.44. The third-order valence-electron chi connectivity index (χ3n) is 6.05. The largest absolute Gasteiger partial charge is 0.491 e. The van der Waals surface area contributed by atoms with E-state index >= 15 is 0 Å². The summed E-state index contributed by atoms with van der Waals surface area (Å²) in [7, 11) is 0. The molecule has 4 aromatic rings. The average molecular weight is 487 g/mol. The maximum absolute atomic E-state index is 13.4. The van der Waals surface area contributed by atoms with Crippen LogP contribution >= 0.6 is 11.3 Å². The number of rotatable bonds is 6. The highest BCUT2D eigenvalue weighted by molar-refractivity contribution is 7.13. The molecule has 0 saturated heterocycles. The Kier molecular flexibility index (Phi) is 5.98. The zero-order chi connectivity index (χ0) is 24.6. The first-order valence-electron chi connectivity index (χ1n) is 11.5. The number of ether oxygens (including phenoxy) is 2. The molecule has 7 nitrogen and oxygen atoms in total. The van der Waals surface area contributed by atoms with Crippen molar-refractivity contribution in [1.29, 1.82) is 0 Å². The summed E-state index contributed by atoms with van der Waals surface area (Å²) >= 11 is 1.29. The molecule has 0 bridgehead atoms. The molecule has 0 aliphatic carbocycles. The lowest BCUT2D eigenvalue weighted by molar-refractivity contribution is -0.124. The van der Waals surface area contributed by atoms with Gasteiger partial charge in [0.25, 0.3) is 0 Å². The Balaban J connectivity index is 1.52. The van der Waals surface area contributed by atoms with E-state index < -0.39 is 5.41 Å². The van der Waals surface area contributed by atoms with Crippen molar-refractivity contribution in [2.45, 2.75) is 39.7 Å². The number of anilines is 1. The zero-order valence-electron chi connectivity index (χ0n) is 20.0. The number of fused-ring (bicyclic) bond motifs is 2. The molecule has 0 saturated carbocycles. The van der Waals surface area contributed by atoms with Gasteiger partial charge in [0.2, 0.25) is 16.9 Å². The fourth-order valence-corrected chi connectivity index (χ4v) is 4.81. The smallest absolute Gasteiger partial charge is 0.232 e. The number of benzene rings is 2. The number of carbonyl (C=O) groups is 1. The van der Waals surface area contributed by atoms with Gasteiger partial charge in [0, 0.05) is 22.6 Å². The van der Waals surface area contributed by atoms with Crippen molar-refractivity contribution in [2.24, 2.45) is 5.41 Å². The monoisotopic (exact) mass is 486 g/mol. The molecule has 1 atom stereocenters. The second-order valence-corrected chi connectivity index (χ2v) is 10.1. The van der Waals surface area contributed by atoms with Gasteiger partial charge < -0.3 is 14.8 Å². The Bertz CT molecular complexity index is 1350. The summed E-state index contributed by atoms with van der Waals surface area (Å²) in [6, 6.07) is 19.6. The molecule has 8 heteroatoms. The lowest BCUT2D eigenvalue weighted by Gasteiger charge is -2.37. The zero-order valence-corrected chi connectivity index (χ0v) is 20.8. The quantitative estimate of drug-likeness (QED) is 0.345. The fraction of sp³-hybridized carbons (Fsp3) is 0.259. The van der Waals surface area contributed by atoms with Gasteiger partial charge in [0.15, 0.2) is 0 Å². The summed E-state index contributed by atoms with van der Waals surface area (Å²) in [6.45, 7) is 7.86. The maximum Gasteiger partial charge on any atom is 0.232 e. The number of nitrogens with one attached hydrogen (secondary N) is 1. The number of hydrogen-bond acceptors (Lipinski definition) is 7. The van der Waals surface area contributed by atoms with Crippen molar-refractivity contribution in [3.05, 3.63) is 77.3 Å². The van der Waals surface area contributed by atoms with Gasteiger partial charge in [-0.2, -0.15) is 0 Å². The first kappa shape index (κ1) is 23.0. The summed E-state index contributed by atoms with van der Waals surface area (Å²) in [4.78, 5) is 18.3. The van der Waals surface area contributed by atoms with Crippen LogP contribution in [0, 0.1) is 5.41 Å². The Morgan fingerprint density at radius 1 is 1.06 bits per heavy atom. The third kappa shape index (κ3) is 4.49. The predicted octanol–water partition coefficient (Wildman–Crippen LogP) is 6.29. The van der Waals surface area contributed by atoms with Crippen LogP contribution in [-0.4, -0.2) is 27.2 Å². The minimum Gasteiger partial charge on any atom is -0.491 e. The molecule has 2 aromatic carbocycles. The molecule has 1 N–H and O–H groups in total. The van der Waals surface area contributed by atoms with Crippen LogP contribution in [0.25, 0.3) is 11.3 Å². The van der Waals surface area contributed by atoms with Crippen molar-refractivity contribution in [3.63, 3.8) is 0 Å². The van der Waals surface area contributed by atoms with E-state index in [2.05, 4.69) is 15.5 Å². The van der Waals surface area contributed by atoms with Gasteiger partial charge in [-0.25, -0.2) is 4.98 Å². The van der Waals surface area contributed by atoms with Gasteiger partial charge >= 0.3 is 0 Å². The normalized spacial score (nSPS) is 14.6. The van der Waals surface area contributed by atoms with Crippen LogP contribution in [0.5, 0.6) is 17.4 Å². The van der Waals surface area contributed by atoms with Gasteiger partial charge in [-0.1, -0.05) is 49.4 Å². The standard InChI is InChI=1S/C27H26N4O3S/c1-16(2)33-18-11-9-17(10-12-18)21-14-13-20-23(19-7-5-6-8-22(19)34-24(20)29-21)27(3,4)25(32)30-26-31-28-15-35-26/h5-16,23H,1-4H3,(H,30,31,32). The molecule has 1 unspecified atom stereocenters. The Morgan fingerprint density at radius 3 is 2.54 bits per heavy atom. The van der Waals surface area contributed by atoms with Gasteiger partial charge in [-0.3, -0.25) is 4.79 Å². The number of nitrogens with zero attached hydrogens (tertiary/aromatic N) is 3. The van der Waals surface area contributed by atoms with Crippen molar-refractivity contribution in [2.75, 3.05) is 5.32 Å². The lowest BCUT2D eigenvalue weighted by atomic mass is 9.69. The Morgan fingerprint density at radius 2 is 1.83 bits per heavy atom. The van der Waals surface area contributed by atoms with Gasteiger partial charge in [0.05, 0.1) is 17.2 Å². The van der Waals surface area contributed by atoms with E-state index in [1.165, 1.54) is 11.3 Å².